The number of rotatable bonds is 0. The molecule has 1 rings (SSSR count). The van der Waals surface area contributed by atoms with Crippen LogP contribution in [0.15, 0.2) is 24.0 Å². The standard InChI is InChI=1S/C6H10N2O2/c7-6(8)2-1-4(9)3-5(6)10/h1-3,5,9-10H,7-8H2. The first-order valence-electron chi connectivity index (χ1n) is 2.88. The molecule has 4 heteroatoms. The van der Waals surface area contributed by atoms with E-state index in [-0.39, 0.29) is 5.76 Å². The molecule has 1 atom stereocenters. The molecule has 10 heavy (non-hydrogen) atoms. The lowest BCUT2D eigenvalue weighted by atomic mass is 9.99. The molecule has 56 valence electrons. The zero-order chi connectivity index (χ0) is 7.78. The molecular formula is C6H10N2O2. The van der Waals surface area contributed by atoms with Crippen LogP contribution in [0.25, 0.3) is 0 Å². The van der Waals surface area contributed by atoms with Crippen molar-refractivity contribution >= 4 is 0 Å². The first-order valence-corrected chi connectivity index (χ1v) is 2.88. The normalized spacial score (nSPS) is 29.9. The van der Waals surface area contributed by atoms with Gasteiger partial charge in [0.2, 0.25) is 0 Å². The highest BCUT2D eigenvalue weighted by Gasteiger charge is 2.27. The van der Waals surface area contributed by atoms with E-state index in [0.717, 1.165) is 0 Å². The summed E-state index contributed by atoms with van der Waals surface area (Å²) in [5, 5.41) is 17.9. The van der Waals surface area contributed by atoms with Gasteiger partial charge in [-0.15, -0.1) is 0 Å². The Morgan fingerprint density at radius 2 is 2.10 bits per heavy atom. The first-order chi connectivity index (χ1) is 4.52. The molecule has 0 saturated carbocycles. The van der Waals surface area contributed by atoms with Crippen LogP contribution >= 0.6 is 0 Å². The second kappa shape index (κ2) is 2.09. The summed E-state index contributed by atoms with van der Waals surface area (Å²) in [4.78, 5) is 0. The topological polar surface area (TPSA) is 92.5 Å². The largest absolute Gasteiger partial charge is 0.508 e. The fourth-order valence-corrected chi connectivity index (χ4v) is 0.690. The number of allylic oxidation sites excluding steroid dienone is 1. The van der Waals surface area contributed by atoms with Gasteiger partial charge in [-0.05, 0) is 18.2 Å². The van der Waals surface area contributed by atoms with Crippen molar-refractivity contribution in [2.75, 3.05) is 0 Å². The Bertz CT molecular complexity index is 196. The summed E-state index contributed by atoms with van der Waals surface area (Å²) in [7, 11) is 0. The lowest BCUT2D eigenvalue weighted by Crippen LogP contribution is -2.57. The molecule has 1 unspecified atom stereocenters. The average Bonchev–Trinajstić information content (AvgIpc) is 1.81. The van der Waals surface area contributed by atoms with Crippen LogP contribution in [0.2, 0.25) is 0 Å². The Morgan fingerprint density at radius 3 is 2.50 bits per heavy atom. The van der Waals surface area contributed by atoms with Crippen molar-refractivity contribution in [3.63, 3.8) is 0 Å². The highest BCUT2D eigenvalue weighted by atomic mass is 16.3. The van der Waals surface area contributed by atoms with Crippen molar-refractivity contribution in [2.24, 2.45) is 11.5 Å². The van der Waals surface area contributed by atoms with Crippen LogP contribution in [0.4, 0.5) is 0 Å². The van der Waals surface area contributed by atoms with Crippen molar-refractivity contribution < 1.29 is 10.2 Å². The van der Waals surface area contributed by atoms with E-state index >= 15 is 0 Å². The summed E-state index contributed by atoms with van der Waals surface area (Å²) >= 11 is 0. The van der Waals surface area contributed by atoms with Gasteiger partial charge in [0.15, 0.2) is 0 Å². The van der Waals surface area contributed by atoms with Crippen molar-refractivity contribution in [3.05, 3.63) is 24.0 Å². The predicted molar refractivity (Wildman–Crippen MR) is 37.0 cm³/mol. The fourth-order valence-electron chi connectivity index (χ4n) is 0.690. The van der Waals surface area contributed by atoms with Crippen LogP contribution in [-0.2, 0) is 0 Å². The Morgan fingerprint density at radius 1 is 1.50 bits per heavy atom. The van der Waals surface area contributed by atoms with E-state index in [1.807, 2.05) is 0 Å². The van der Waals surface area contributed by atoms with Gasteiger partial charge in [-0.3, -0.25) is 0 Å². The minimum atomic E-state index is -1.24. The number of hydrogen-bond donors (Lipinski definition) is 4. The molecule has 0 aliphatic heterocycles. The van der Waals surface area contributed by atoms with Gasteiger partial charge < -0.3 is 21.7 Å². The molecule has 0 aromatic rings. The zero-order valence-corrected chi connectivity index (χ0v) is 5.36. The van der Waals surface area contributed by atoms with E-state index in [2.05, 4.69) is 0 Å². The van der Waals surface area contributed by atoms with Crippen LogP contribution in [0, 0.1) is 0 Å². The van der Waals surface area contributed by atoms with E-state index in [0.29, 0.717) is 0 Å². The maximum absolute atomic E-state index is 9.07. The third-order valence-corrected chi connectivity index (χ3v) is 1.38. The number of hydrogen-bond acceptors (Lipinski definition) is 4. The average molecular weight is 142 g/mol. The monoisotopic (exact) mass is 142 g/mol. The Hall–Kier alpha value is -0.840. The molecule has 1 aliphatic rings. The molecule has 0 amide bonds. The lowest BCUT2D eigenvalue weighted by molar-refractivity contribution is 0.150. The highest BCUT2D eigenvalue weighted by Crippen LogP contribution is 2.12. The molecule has 4 nitrogen and oxygen atoms in total. The molecule has 6 N–H and O–H groups in total. The smallest absolute Gasteiger partial charge is 0.114 e. The van der Waals surface area contributed by atoms with Crippen LogP contribution in [0.1, 0.15) is 0 Å². The van der Waals surface area contributed by atoms with E-state index in [1.165, 1.54) is 18.2 Å². The van der Waals surface area contributed by atoms with Crippen molar-refractivity contribution in [2.45, 2.75) is 11.8 Å². The van der Waals surface area contributed by atoms with Crippen molar-refractivity contribution in [1.29, 1.82) is 0 Å². The van der Waals surface area contributed by atoms with Gasteiger partial charge in [0, 0.05) is 0 Å². The van der Waals surface area contributed by atoms with Gasteiger partial charge in [-0.2, -0.15) is 0 Å². The van der Waals surface area contributed by atoms with Crippen LogP contribution in [-0.4, -0.2) is 22.0 Å². The third kappa shape index (κ3) is 1.18. The van der Waals surface area contributed by atoms with E-state index < -0.39 is 11.8 Å². The zero-order valence-electron chi connectivity index (χ0n) is 5.36. The predicted octanol–water partition coefficient (Wildman–Crippen LogP) is -1.03. The van der Waals surface area contributed by atoms with Crippen LogP contribution < -0.4 is 11.5 Å². The summed E-state index contributed by atoms with van der Waals surface area (Å²) in [5.74, 6) is -0.0148. The number of aliphatic hydroxyl groups excluding tert-OH is 2. The molecule has 0 saturated heterocycles. The van der Waals surface area contributed by atoms with Gasteiger partial charge in [0.25, 0.3) is 0 Å². The molecule has 0 bridgehead atoms. The molecule has 0 radical (unpaired) electrons. The molecule has 0 aromatic carbocycles. The van der Waals surface area contributed by atoms with Crippen molar-refractivity contribution in [1.82, 2.24) is 0 Å². The minimum absolute atomic E-state index is 0.0148. The third-order valence-electron chi connectivity index (χ3n) is 1.38. The van der Waals surface area contributed by atoms with E-state index in [4.69, 9.17) is 21.7 Å². The second-order valence-corrected chi connectivity index (χ2v) is 2.37. The minimum Gasteiger partial charge on any atom is -0.508 e. The second-order valence-electron chi connectivity index (χ2n) is 2.37. The van der Waals surface area contributed by atoms with E-state index in [9.17, 15) is 0 Å². The van der Waals surface area contributed by atoms with Crippen LogP contribution in [0.3, 0.4) is 0 Å². The first kappa shape index (κ1) is 7.27. The maximum atomic E-state index is 9.07. The number of aliphatic hydroxyl groups is 2. The molecule has 0 aromatic heterocycles. The van der Waals surface area contributed by atoms with Gasteiger partial charge in [-0.1, -0.05) is 0 Å². The molecule has 0 heterocycles. The maximum Gasteiger partial charge on any atom is 0.114 e. The summed E-state index contributed by atoms with van der Waals surface area (Å²) in [6.45, 7) is 0. The summed E-state index contributed by atoms with van der Waals surface area (Å²) < 4.78 is 0. The lowest BCUT2D eigenvalue weighted by Gasteiger charge is -2.26. The summed E-state index contributed by atoms with van der Waals surface area (Å²) in [6, 6.07) is 0. The quantitative estimate of drug-likeness (QED) is 0.325. The van der Waals surface area contributed by atoms with E-state index in [1.54, 1.807) is 0 Å². The molecular weight excluding hydrogens is 132 g/mol. The SMILES string of the molecule is NC1(N)C=CC(O)=CC1O. The summed E-state index contributed by atoms with van der Waals surface area (Å²) in [5.41, 5.74) is 9.49. The Labute approximate surface area is 58.4 Å². The Balaban J connectivity index is 2.84. The van der Waals surface area contributed by atoms with Crippen molar-refractivity contribution in [3.8, 4) is 0 Å². The van der Waals surface area contributed by atoms with Gasteiger partial charge in [-0.25, -0.2) is 0 Å². The van der Waals surface area contributed by atoms with Gasteiger partial charge >= 0.3 is 0 Å². The number of nitrogens with two attached hydrogens (primary N) is 2. The van der Waals surface area contributed by atoms with Crippen LogP contribution in [0.5, 0.6) is 0 Å². The molecule has 0 spiro atoms. The van der Waals surface area contributed by atoms with Gasteiger partial charge in [0.1, 0.15) is 17.5 Å². The fraction of sp³-hybridized carbons (Fsp3) is 0.333. The highest BCUT2D eigenvalue weighted by molar-refractivity contribution is 5.26. The molecule has 0 fully saturated rings. The van der Waals surface area contributed by atoms with Gasteiger partial charge in [0.05, 0.1) is 0 Å². The summed E-state index contributed by atoms with van der Waals surface area (Å²) in [6.07, 6.45) is 2.89. The molecule has 1 aliphatic carbocycles. The Kier molecular flexibility index (Phi) is 1.52.